The Morgan fingerprint density at radius 1 is 0.810 bits per heavy atom. The van der Waals surface area contributed by atoms with Crippen molar-refractivity contribution in [3.63, 3.8) is 0 Å². The van der Waals surface area contributed by atoms with Gasteiger partial charge >= 0.3 is 0 Å². The second-order valence-corrected chi connectivity index (χ2v) is 4.54. The molecule has 2 amide bonds. The van der Waals surface area contributed by atoms with Gasteiger partial charge in [0.2, 0.25) is 5.78 Å². The topological polar surface area (TPSA) is 78.3 Å². The lowest BCUT2D eigenvalue weighted by molar-refractivity contribution is 0.0733. The van der Waals surface area contributed by atoms with E-state index in [9.17, 15) is 14.4 Å². The summed E-state index contributed by atoms with van der Waals surface area (Å²) in [6, 6.07) is 14.4. The van der Waals surface area contributed by atoms with Gasteiger partial charge in [-0.1, -0.05) is 42.5 Å². The van der Waals surface area contributed by atoms with Gasteiger partial charge in [-0.15, -0.1) is 0 Å². The molecule has 21 heavy (non-hydrogen) atoms. The maximum atomic E-state index is 12.2. The lowest BCUT2D eigenvalue weighted by Gasteiger charge is -2.13. The minimum Gasteiger partial charge on any atom is -0.285 e. The summed E-state index contributed by atoms with van der Waals surface area (Å²) in [4.78, 5) is 37.2. The molecule has 1 N–H and O–H groups in total. The zero-order valence-corrected chi connectivity index (χ0v) is 10.9. The molecule has 1 aliphatic rings. The van der Waals surface area contributed by atoms with Crippen LogP contribution in [0.15, 0.2) is 54.6 Å². The van der Waals surface area contributed by atoms with Crippen molar-refractivity contribution in [1.82, 2.24) is 4.90 Å². The summed E-state index contributed by atoms with van der Waals surface area (Å²) in [5, 5.41) is 7.90. The number of carbonyl (C=O) groups is 3. The molecule has 0 saturated heterocycles. The lowest BCUT2D eigenvalue weighted by atomic mass is 10.1. The fourth-order valence-corrected chi connectivity index (χ4v) is 2.22. The monoisotopic (exact) mass is 278 g/mol. The summed E-state index contributed by atoms with van der Waals surface area (Å²) in [7, 11) is 0. The zero-order valence-electron chi connectivity index (χ0n) is 10.9. The van der Waals surface area contributed by atoms with E-state index in [-0.39, 0.29) is 16.7 Å². The standard InChI is InChI=1S/C16H10N2O3/c17-14(13(19)10-6-2-1-3-7-10)18-15(20)11-8-4-5-9-12(11)16(18)21/h1-9,17H. The lowest BCUT2D eigenvalue weighted by Crippen LogP contribution is -2.40. The third-order valence-electron chi connectivity index (χ3n) is 3.27. The van der Waals surface area contributed by atoms with Gasteiger partial charge in [-0.2, -0.15) is 0 Å². The summed E-state index contributed by atoms with van der Waals surface area (Å²) >= 11 is 0. The Labute approximate surface area is 120 Å². The van der Waals surface area contributed by atoms with Crippen molar-refractivity contribution in [3.05, 3.63) is 71.3 Å². The number of nitrogens with one attached hydrogen (secondary N) is 1. The summed E-state index contributed by atoms with van der Waals surface area (Å²) < 4.78 is 0. The van der Waals surface area contributed by atoms with E-state index >= 15 is 0 Å². The van der Waals surface area contributed by atoms with Gasteiger partial charge in [-0.05, 0) is 12.1 Å². The van der Waals surface area contributed by atoms with E-state index < -0.39 is 23.4 Å². The van der Waals surface area contributed by atoms with Gasteiger partial charge in [0.05, 0.1) is 11.1 Å². The van der Waals surface area contributed by atoms with Crippen molar-refractivity contribution < 1.29 is 14.4 Å². The molecule has 2 aromatic carbocycles. The number of imide groups is 1. The van der Waals surface area contributed by atoms with Crippen LogP contribution in [0.25, 0.3) is 0 Å². The predicted octanol–water partition coefficient (Wildman–Crippen LogP) is 2.14. The molecule has 0 unspecified atom stereocenters. The fraction of sp³-hybridized carbons (Fsp3) is 0. The van der Waals surface area contributed by atoms with Gasteiger partial charge in [0.15, 0.2) is 5.84 Å². The highest BCUT2D eigenvalue weighted by Crippen LogP contribution is 2.23. The van der Waals surface area contributed by atoms with E-state index in [4.69, 9.17) is 5.41 Å². The quantitative estimate of drug-likeness (QED) is 0.395. The maximum absolute atomic E-state index is 12.2. The number of amides is 2. The largest absolute Gasteiger partial charge is 0.285 e. The number of rotatable bonds is 2. The van der Waals surface area contributed by atoms with E-state index in [1.54, 1.807) is 30.3 Å². The van der Waals surface area contributed by atoms with Crippen LogP contribution in [-0.4, -0.2) is 28.3 Å². The Balaban J connectivity index is 1.96. The van der Waals surface area contributed by atoms with Crippen molar-refractivity contribution in [3.8, 4) is 0 Å². The van der Waals surface area contributed by atoms with Crippen LogP contribution in [0.5, 0.6) is 0 Å². The average molecular weight is 278 g/mol. The van der Waals surface area contributed by atoms with Crippen LogP contribution in [0.4, 0.5) is 0 Å². The van der Waals surface area contributed by atoms with Crippen LogP contribution in [0.3, 0.4) is 0 Å². The molecule has 1 aliphatic heterocycles. The van der Waals surface area contributed by atoms with Crippen LogP contribution >= 0.6 is 0 Å². The number of hydrogen-bond donors (Lipinski definition) is 1. The van der Waals surface area contributed by atoms with Crippen LogP contribution in [0, 0.1) is 5.41 Å². The molecular formula is C16H10N2O3. The van der Waals surface area contributed by atoms with Gasteiger partial charge in [0, 0.05) is 5.56 Å². The SMILES string of the molecule is N=C(C(=O)c1ccccc1)N1C(=O)c2ccccc2C1=O. The minimum absolute atomic E-state index is 0.216. The first-order valence-electron chi connectivity index (χ1n) is 6.27. The zero-order chi connectivity index (χ0) is 15.0. The Hall–Kier alpha value is -3.08. The van der Waals surface area contributed by atoms with Crippen molar-refractivity contribution >= 4 is 23.4 Å². The molecule has 3 rings (SSSR count). The van der Waals surface area contributed by atoms with E-state index in [2.05, 4.69) is 0 Å². The molecule has 0 bridgehead atoms. The van der Waals surface area contributed by atoms with Crippen molar-refractivity contribution in [2.45, 2.75) is 0 Å². The number of amidine groups is 1. The molecule has 0 radical (unpaired) electrons. The van der Waals surface area contributed by atoms with E-state index in [1.807, 2.05) is 0 Å². The second kappa shape index (κ2) is 4.79. The third kappa shape index (κ3) is 1.95. The Morgan fingerprint density at radius 3 is 1.81 bits per heavy atom. The Morgan fingerprint density at radius 2 is 1.29 bits per heavy atom. The average Bonchev–Trinajstić information content (AvgIpc) is 2.79. The summed E-state index contributed by atoms with van der Waals surface area (Å²) in [5.74, 6) is -2.56. The first-order valence-corrected chi connectivity index (χ1v) is 6.27. The molecule has 0 atom stereocenters. The third-order valence-corrected chi connectivity index (χ3v) is 3.27. The summed E-state index contributed by atoms with van der Waals surface area (Å²) in [6.07, 6.45) is 0. The summed E-state index contributed by atoms with van der Waals surface area (Å²) in [5.41, 5.74) is 0.695. The molecule has 0 aromatic heterocycles. The van der Waals surface area contributed by atoms with Gasteiger partial charge in [-0.3, -0.25) is 19.8 Å². The fourth-order valence-electron chi connectivity index (χ4n) is 2.22. The molecular weight excluding hydrogens is 268 g/mol. The number of carbonyl (C=O) groups excluding carboxylic acids is 3. The smallest absolute Gasteiger partial charge is 0.267 e. The maximum Gasteiger partial charge on any atom is 0.267 e. The Bertz CT molecular complexity index is 746. The molecule has 0 saturated carbocycles. The second-order valence-electron chi connectivity index (χ2n) is 4.54. The number of Topliss-reactive ketones (excluding diaryl/α,β-unsaturated/α-hetero) is 1. The molecule has 2 aromatic rings. The van der Waals surface area contributed by atoms with Gasteiger partial charge < -0.3 is 0 Å². The number of hydrogen-bond acceptors (Lipinski definition) is 4. The first kappa shape index (κ1) is 12.9. The summed E-state index contributed by atoms with van der Waals surface area (Å²) in [6.45, 7) is 0. The number of ketones is 1. The van der Waals surface area contributed by atoms with Gasteiger partial charge in [0.1, 0.15) is 0 Å². The molecule has 0 aliphatic carbocycles. The first-order chi connectivity index (χ1) is 10.1. The highest BCUT2D eigenvalue weighted by atomic mass is 16.2. The Kier molecular flexibility index (Phi) is 2.95. The predicted molar refractivity (Wildman–Crippen MR) is 75.4 cm³/mol. The molecule has 102 valence electrons. The van der Waals surface area contributed by atoms with E-state index in [0.717, 1.165) is 0 Å². The van der Waals surface area contributed by atoms with Crippen molar-refractivity contribution in [2.24, 2.45) is 0 Å². The van der Waals surface area contributed by atoms with Crippen LogP contribution < -0.4 is 0 Å². The number of fused-ring (bicyclic) bond motifs is 1. The van der Waals surface area contributed by atoms with Crippen LogP contribution in [0.1, 0.15) is 31.1 Å². The molecule has 0 spiro atoms. The van der Waals surface area contributed by atoms with Gasteiger partial charge in [-0.25, -0.2) is 4.90 Å². The molecule has 5 heteroatoms. The number of benzene rings is 2. The molecule has 0 fully saturated rings. The molecule has 5 nitrogen and oxygen atoms in total. The van der Waals surface area contributed by atoms with Gasteiger partial charge in [0.25, 0.3) is 11.8 Å². The van der Waals surface area contributed by atoms with Crippen molar-refractivity contribution in [1.29, 1.82) is 5.41 Å². The normalized spacial score (nSPS) is 13.2. The van der Waals surface area contributed by atoms with Crippen LogP contribution in [-0.2, 0) is 0 Å². The highest BCUT2D eigenvalue weighted by molar-refractivity contribution is 6.51. The molecule has 1 heterocycles. The highest BCUT2D eigenvalue weighted by Gasteiger charge is 2.40. The van der Waals surface area contributed by atoms with E-state index in [1.165, 1.54) is 24.3 Å². The van der Waals surface area contributed by atoms with Crippen LogP contribution in [0.2, 0.25) is 0 Å². The minimum atomic E-state index is -0.662. The number of nitrogens with zero attached hydrogens (tertiary/aromatic N) is 1. The van der Waals surface area contributed by atoms with E-state index in [0.29, 0.717) is 4.90 Å². The van der Waals surface area contributed by atoms with Crippen molar-refractivity contribution in [2.75, 3.05) is 0 Å².